The van der Waals surface area contributed by atoms with E-state index in [-0.39, 0.29) is 0 Å². The van der Waals surface area contributed by atoms with E-state index in [1.165, 1.54) is 18.4 Å². The Labute approximate surface area is 103 Å². The summed E-state index contributed by atoms with van der Waals surface area (Å²) in [5.74, 6) is 1.13. The number of piperazine rings is 1. The van der Waals surface area contributed by atoms with Crippen LogP contribution < -0.4 is 4.90 Å². The van der Waals surface area contributed by atoms with E-state index in [2.05, 4.69) is 40.0 Å². The fraction of sp³-hybridized carbons (Fsp3) is 0.500. The van der Waals surface area contributed by atoms with Crippen LogP contribution in [0, 0.1) is 0 Å². The highest BCUT2D eigenvalue weighted by Gasteiger charge is 2.15. The number of pyridine rings is 1. The third-order valence-corrected chi connectivity index (χ3v) is 3.51. The molecule has 3 heteroatoms. The lowest BCUT2D eigenvalue weighted by atomic mass is 10.2. The van der Waals surface area contributed by atoms with E-state index < -0.39 is 0 Å². The van der Waals surface area contributed by atoms with Gasteiger partial charge in [0, 0.05) is 32.4 Å². The maximum Gasteiger partial charge on any atom is 0.129 e. The molecule has 0 amide bonds. The molecule has 90 valence electrons. The molecular formula is C14H19N3. The SMILES string of the molecule is CN1CCN(c2cc(C=C3CC3)ccn2)CC1. The van der Waals surface area contributed by atoms with Crippen LogP contribution in [0.4, 0.5) is 5.82 Å². The van der Waals surface area contributed by atoms with Gasteiger partial charge in [0.05, 0.1) is 0 Å². The first-order valence-electron chi connectivity index (χ1n) is 6.40. The predicted molar refractivity (Wildman–Crippen MR) is 71.2 cm³/mol. The van der Waals surface area contributed by atoms with Crippen molar-refractivity contribution in [1.82, 2.24) is 9.88 Å². The summed E-state index contributed by atoms with van der Waals surface area (Å²) >= 11 is 0. The van der Waals surface area contributed by atoms with E-state index in [0.29, 0.717) is 0 Å². The Balaban J connectivity index is 1.75. The van der Waals surface area contributed by atoms with Gasteiger partial charge < -0.3 is 9.80 Å². The molecule has 0 aromatic carbocycles. The van der Waals surface area contributed by atoms with Crippen molar-refractivity contribution in [3.8, 4) is 0 Å². The summed E-state index contributed by atoms with van der Waals surface area (Å²) in [7, 11) is 2.18. The average molecular weight is 229 g/mol. The summed E-state index contributed by atoms with van der Waals surface area (Å²) in [5, 5.41) is 0. The molecule has 0 unspecified atom stereocenters. The largest absolute Gasteiger partial charge is 0.354 e. The number of aromatic nitrogens is 1. The minimum absolute atomic E-state index is 1.09. The molecule has 2 heterocycles. The smallest absolute Gasteiger partial charge is 0.129 e. The Bertz CT molecular complexity index is 425. The van der Waals surface area contributed by atoms with Crippen LogP contribution in [0.3, 0.4) is 0 Å². The van der Waals surface area contributed by atoms with Crippen molar-refractivity contribution < 1.29 is 0 Å². The van der Waals surface area contributed by atoms with Gasteiger partial charge in [-0.15, -0.1) is 0 Å². The summed E-state index contributed by atoms with van der Waals surface area (Å²) in [6, 6.07) is 4.32. The number of hydrogen-bond acceptors (Lipinski definition) is 3. The Morgan fingerprint density at radius 3 is 2.65 bits per heavy atom. The van der Waals surface area contributed by atoms with Crippen LogP contribution in [-0.2, 0) is 0 Å². The third kappa shape index (κ3) is 2.67. The first-order chi connectivity index (χ1) is 8.31. The molecule has 3 nitrogen and oxygen atoms in total. The van der Waals surface area contributed by atoms with Crippen molar-refractivity contribution in [1.29, 1.82) is 0 Å². The van der Waals surface area contributed by atoms with Crippen LogP contribution in [0.25, 0.3) is 6.08 Å². The number of anilines is 1. The molecule has 1 aromatic heterocycles. The van der Waals surface area contributed by atoms with Crippen LogP contribution in [0.5, 0.6) is 0 Å². The van der Waals surface area contributed by atoms with Crippen molar-refractivity contribution >= 4 is 11.9 Å². The number of nitrogens with zero attached hydrogens (tertiary/aromatic N) is 3. The maximum absolute atomic E-state index is 4.49. The molecule has 1 saturated carbocycles. The molecule has 0 radical (unpaired) electrons. The van der Waals surface area contributed by atoms with E-state index >= 15 is 0 Å². The molecule has 17 heavy (non-hydrogen) atoms. The second-order valence-corrected chi connectivity index (χ2v) is 5.04. The van der Waals surface area contributed by atoms with Gasteiger partial charge in [-0.25, -0.2) is 4.98 Å². The van der Waals surface area contributed by atoms with Gasteiger partial charge >= 0.3 is 0 Å². The van der Waals surface area contributed by atoms with Crippen molar-refractivity contribution in [2.75, 3.05) is 38.1 Å². The molecule has 1 aliphatic heterocycles. The highest BCUT2D eigenvalue weighted by molar-refractivity contribution is 5.59. The van der Waals surface area contributed by atoms with Crippen LogP contribution in [0.1, 0.15) is 18.4 Å². The van der Waals surface area contributed by atoms with Crippen molar-refractivity contribution in [2.45, 2.75) is 12.8 Å². The fourth-order valence-electron chi connectivity index (χ4n) is 2.18. The molecule has 2 aliphatic rings. The topological polar surface area (TPSA) is 19.4 Å². The monoisotopic (exact) mass is 229 g/mol. The highest BCUT2D eigenvalue weighted by Crippen LogP contribution is 2.30. The zero-order valence-corrected chi connectivity index (χ0v) is 10.4. The minimum atomic E-state index is 1.09. The van der Waals surface area contributed by atoms with Crippen molar-refractivity contribution in [3.05, 3.63) is 29.5 Å². The summed E-state index contributed by atoms with van der Waals surface area (Å²) in [4.78, 5) is 9.25. The van der Waals surface area contributed by atoms with Crippen LogP contribution >= 0.6 is 0 Å². The average Bonchev–Trinajstić information content (AvgIpc) is 3.14. The van der Waals surface area contributed by atoms with Gasteiger partial charge in [-0.05, 0) is 37.6 Å². The normalized spacial score (nSPS) is 20.5. The van der Waals surface area contributed by atoms with Gasteiger partial charge in [-0.2, -0.15) is 0 Å². The van der Waals surface area contributed by atoms with E-state index in [9.17, 15) is 0 Å². The predicted octanol–water partition coefficient (Wildman–Crippen LogP) is 2.01. The Morgan fingerprint density at radius 1 is 1.18 bits per heavy atom. The molecule has 1 aromatic rings. The lowest BCUT2D eigenvalue weighted by Crippen LogP contribution is -2.44. The van der Waals surface area contributed by atoms with E-state index in [4.69, 9.17) is 0 Å². The molecule has 0 bridgehead atoms. The first-order valence-corrected chi connectivity index (χ1v) is 6.40. The fourth-order valence-corrected chi connectivity index (χ4v) is 2.18. The van der Waals surface area contributed by atoms with Crippen molar-refractivity contribution in [2.24, 2.45) is 0 Å². The number of hydrogen-bond donors (Lipinski definition) is 0. The molecule has 0 atom stereocenters. The van der Waals surface area contributed by atoms with Crippen LogP contribution in [0.15, 0.2) is 23.9 Å². The Kier molecular flexibility index (Phi) is 2.85. The van der Waals surface area contributed by atoms with Gasteiger partial charge in [0.2, 0.25) is 0 Å². The molecule has 0 N–H and O–H groups in total. The summed E-state index contributed by atoms with van der Waals surface area (Å²) in [5.41, 5.74) is 2.88. The lowest BCUT2D eigenvalue weighted by molar-refractivity contribution is 0.312. The molecule has 1 aliphatic carbocycles. The zero-order valence-electron chi connectivity index (χ0n) is 10.4. The number of rotatable bonds is 2. The van der Waals surface area contributed by atoms with Gasteiger partial charge in [0.1, 0.15) is 5.82 Å². The van der Waals surface area contributed by atoms with Gasteiger partial charge in [-0.1, -0.05) is 11.6 Å². The molecule has 2 fully saturated rings. The lowest BCUT2D eigenvalue weighted by Gasteiger charge is -2.33. The van der Waals surface area contributed by atoms with Gasteiger partial charge in [0.25, 0.3) is 0 Å². The quantitative estimate of drug-likeness (QED) is 0.773. The summed E-state index contributed by atoms with van der Waals surface area (Å²) in [6.07, 6.45) is 6.81. The summed E-state index contributed by atoms with van der Waals surface area (Å²) in [6.45, 7) is 4.44. The molecule has 1 saturated heterocycles. The molecule has 3 rings (SSSR count). The minimum Gasteiger partial charge on any atom is -0.354 e. The van der Waals surface area contributed by atoms with E-state index in [1.807, 2.05) is 6.20 Å². The first kappa shape index (κ1) is 10.8. The molecule has 0 spiro atoms. The molecular weight excluding hydrogens is 210 g/mol. The Morgan fingerprint density at radius 2 is 1.94 bits per heavy atom. The van der Waals surface area contributed by atoms with Gasteiger partial charge in [-0.3, -0.25) is 0 Å². The van der Waals surface area contributed by atoms with Crippen LogP contribution in [0.2, 0.25) is 0 Å². The van der Waals surface area contributed by atoms with Crippen LogP contribution in [-0.4, -0.2) is 43.1 Å². The third-order valence-electron chi connectivity index (χ3n) is 3.51. The van der Waals surface area contributed by atoms with Gasteiger partial charge in [0.15, 0.2) is 0 Å². The standard InChI is InChI=1S/C14H19N3/c1-16-6-8-17(9-7-16)14-11-13(4-5-15-14)10-12-2-3-12/h4-5,10-11H,2-3,6-9H2,1H3. The highest BCUT2D eigenvalue weighted by atomic mass is 15.3. The van der Waals surface area contributed by atoms with E-state index in [1.54, 1.807) is 5.57 Å². The number of allylic oxidation sites excluding steroid dienone is 1. The second-order valence-electron chi connectivity index (χ2n) is 5.04. The van der Waals surface area contributed by atoms with E-state index in [0.717, 1.165) is 32.0 Å². The Hall–Kier alpha value is -1.35. The number of likely N-dealkylation sites (N-methyl/N-ethyl adjacent to an activating group) is 1. The second kappa shape index (κ2) is 4.49. The van der Waals surface area contributed by atoms with Crippen molar-refractivity contribution in [3.63, 3.8) is 0 Å². The summed E-state index contributed by atoms with van der Waals surface area (Å²) < 4.78 is 0. The zero-order chi connectivity index (χ0) is 11.7. The maximum atomic E-state index is 4.49.